The molecule has 0 amide bonds. The van der Waals surface area contributed by atoms with E-state index in [1.165, 1.54) is 16.7 Å². The van der Waals surface area contributed by atoms with Crippen molar-refractivity contribution in [1.82, 2.24) is 5.48 Å². The quantitative estimate of drug-likeness (QED) is 0.799. The van der Waals surface area contributed by atoms with Crippen LogP contribution in [0, 0.1) is 0 Å². The summed E-state index contributed by atoms with van der Waals surface area (Å²) in [5, 5.41) is 0. The first kappa shape index (κ1) is 10.5. The van der Waals surface area contributed by atoms with E-state index in [2.05, 4.69) is 45.3 Å². The highest BCUT2D eigenvalue weighted by Gasteiger charge is 2.22. The molecule has 1 aromatic carbocycles. The maximum absolute atomic E-state index is 5.53. The van der Waals surface area contributed by atoms with Gasteiger partial charge in [-0.25, -0.2) is 0 Å². The van der Waals surface area contributed by atoms with Crippen molar-refractivity contribution in [3.05, 3.63) is 28.8 Å². The number of hydroxylamine groups is 1. The van der Waals surface area contributed by atoms with Gasteiger partial charge >= 0.3 is 0 Å². The van der Waals surface area contributed by atoms with Crippen LogP contribution >= 0.6 is 0 Å². The van der Waals surface area contributed by atoms with Gasteiger partial charge in [-0.2, -0.15) is 5.48 Å². The van der Waals surface area contributed by atoms with E-state index < -0.39 is 0 Å². The van der Waals surface area contributed by atoms with Crippen molar-refractivity contribution in [3.8, 4) is 5.75 Å². The Kier molecular flexibility index (Phi) is 2.70. The molecule has 0 atom stereocenters. The summed E-state index contributed by atoms with van der Waals surface area (Å²) < 4.78 is 0. The van der Waals surface area contributed by atoms with E-state index in [0.29, 0.717) is 11.8 Å². The third kappa shape index (κ3) is 1.74. The van der Waals surface area contributed by atoms with Crippen LogP contribution in [0.15, 0.2) is 12.1 Å². The Labute approximate surface area is 91.6 Å². The average molecular weight is 205 g/mol. The topological polar surface area (TPSA) is 21.3 Å². The first-order chi connectivity index (χ1) is 7.11. The Balaban J connectivity index is 2.54. The van der Waals surface area contributed by atoms with Crippen molar-refractivity contribution in [2.75, 3.05) is 0 Å². The lowest BCUT2D eigenvalue weighted by atomic mass is 9.91. The number of hydrogen-bond acceptors (Lipinski definition) is 2. The van der Waals surface area contributed by atoms with E-state index in [0.717, 1.165) is 12.3 Å². The molecule has 0 saturated heterocycles. The van der Waals surface area contributed by atoms with Gasteiger partial charge in [0, 0.05) is 5.56 Å². The van der Waals surface area contributed by atoms with E-state index in [9.17, 15) is 0 Å². The van der Waals surface area contributed by atoms with Crippen LogP contribution in [0.1, 0.15) is 56.2 Å². The lowest BCUT2D eigenvalue weighted by molar-refractivity contribution is 0.221. The molecule has 82 valence electrons. The molecule has 0 radical (unpaired) electrons. The van der Waals surface area contributed by atoms with Gasteiger partial charge in [0.15, 0.2) is 5.75 Å². The third-order valence-corrected chi connectivity index (χ3v) is 2.99. The van der Waals surface area contributed by atoms with Gasteiger partial charge in [0.05, 0.1) is 6.54 Å². The van der Waals surface area contributed by atoms with Crippen molar-refractivity contribution in [1.29, 1.82) is 0 Å². The fourth-order valence-corrected chi connectivity index (χ4v) is 2.14. The van der Waals surface area contributed by atoms with E-state index in [1.807, 2.05) is 0 Å². The molecule has 1 aliphatic heterocycles. The van der Waals surface area contributed by atoms with Gasteiger partial charge < -0.3 is 4.84 Å². The molecule has 0 bridgehead atoms. The molecule has 0 unspecified atom stereocenters. The summed E-state index contributed by atoms with van der Waals surface area (Å²) >= 11 is 0. The fourth-order valence-electron chi connectivity index (χ4n) is 2.14. The van der Waals surface area contributed by atoms with Gasteiger partial charge in [-0.3, -0.25) is 0 Å². The molecule has 1 N–H and O–H groups in total. The van der Waals surface area contributed by atoms with Crippen LogP contribution in [-0.2, 0) is 6.54 Å². The summed E-state index contributed by atoms with van der Waals surface area (Å²) in [6, 6.07) is 4.45. The Morgan fingerprint density at radius 1 is 1.07 bits per heavy atom. The van der Waals surface area contributed by atoms with E-state index >= 15 is 0 Å². The van der Waals surface area contributed by atoms with E-state index in [1.54, 1.807) is 0 Å². The summed E-state index contributed by atoms with van der Waals surface area (Å²) in [6.07, 6.45) is 0. The maximum atomic E-state index is 5.53. The lowest BCUT2D eigenvalue weighted by Gasteiger charge is -2.14. The second kappa shape index (κ2) is 3.86. The number of benzene rings is 1. The van der Waals surface area contributed by atoms with Crippen LogP contribution in [0.2, 0.25) is 0 Å². The first-order valence-corrected chi connectivity index (χ1v) is 5.66. The Morgan fingerprint density at radius 3 is 2.27 bits per heavy atom. The summed E-state index contributed by atoms with van der Waals surface area (Å²) in [4.78, 5) is 5.53. The van der Waals surface area contributed by atoms with Gasteiger partial charge in [0.25, 0.3) is 0 Å². The van der Waals surface area contributed by atoms with Crippen LogP contribution < -0.4 is 10.3 Å². The summed E-state index contributed by atoms with van der Waals surface area (Å²) in [6.45, 7) is 9.69. The monoisotopic (exact) mass is 205 g/mol. The fraction of sp³-hybridized carbons (Fsp3) is 0.538. The molecule has 0 fully saturated rings. The van der Waals surface area contributed by atoms with Crippen molar-refractivity contribution >= 4 is 0 Å². The van der Waals surface area contributed by atoms with E-state index in [-0.39, 0.29) is 0 Å². The number of nitrogens with one attached hydrogen (secondary N) is 1. The minimum Gasteiger partial charge on any atom is -0.408 e. The maximum Gasteiger partial charge on any atom is 0.155 e. The Bertz CT molecular complexity index is 334. The second-order valence-corrected chi connectivity index (χ2v) is 4.78. The minimum absolute atomic E-state index is 0.514. The molecular weight excluding hydrogens is 186 g/mol. The van der Waals surface area contributed by atoms with Gasteiger partial charge in [-0.1, -0.05) is 39.8 Å². The van der Waals surface area contributed by atoms with Gasteiger partial charge in [0.1, 0.15) is 0 Å². The largest absolute Gasteiger partial charge is 0.408 e. The minimum atomic E-state index is 0.514. The highest BCUT2D eigenvalue weighted by Crippen LogP contribution is 2.37. The third-order valence-electron chi connectivity index (χ3n) is 2.99. The molecule has 2 rings (SSSR count). The number of hydrogen-bond donors (Lipinski definition) is 1. The van der Waals surface area contributed by atoms with Crippen LogP contribution in [0.25, 0.3) is 0 Å². The molecule has 0 saturated carbocycles. The summed E-state index contributed by atoms with van der Waals surface area (Å²) in [7, 11) is 0. The Hall–Kier alpha value is -1.02. The van der Waals surface area contributed by atoms with Crippen molar-refractivity contribution in [2.45, 2.75) is 46.1 Å². The number of rotatable bonds is 2. The smallest absolute Gasteiger partial charge is 0.155 e. The molecule has 1 aliphatic rings. The predicted molar refractivity (Wildman–Crippen MR) is 62.1 cm³/mol. The molecule has 0 aliphatic carbocycles. The standard InChI is InChI=1S/C13H19NO/c1-8(2)10-5-6-11(9(3)4)13-12(10)7-14-15-13/h5-6,8-9,14H,7H2,1-4H3. The van der Waals surface area contributed by atoms with Crippen molar-refractivity contribution in [3.63, 3.8) is 0 Å². The zero-order valence-corrected chi connectivity index (χ0v) is 9.92. The summed E-state index contributed by atoms with van der Waals surface area (Å²) in [5.74, 6) is 2.14. The van der Waals surface area contributed by atoms with Crippen LogP contribution in [0.4, 0.5) is 0 Å². The van der Waals surface area contributed by atoms with Gasteiger partial charge in [-0.15, -0.1) is 0 Å². The predicted octanol–water partition coefficient (Wildman–Crippen LogP) is 3.33. The Morgan fingerprint density at radius 2 is 1.67 bits per heavy atom. The molecule has 1 aromatic rings. The zero-order valence-electron chi connectivity index (χ0n) is 9.92. The molecule has 0 aromatic heterocycles. The van der Waals surface area contributed by atoms with Crippen LogP contribution in [0.3, 0.4) is 0 Å². The highest BCUT2D eigenvalue weighted by atomic mass is 16.7. The normalized spacial score (nSPS) is 14.5. The average Bonchev–Trinajstić information content (AvgIpc) is 2.63. The second-order valence-electron chi connectivity index (χ2n) is 4.78. The molecule has 15 heavy (non-hydrogen) atoms. The molecule has 1 heterocycles. The molecule has 2 heteroatoms. The zero-order chi connectivity index (χ0) is 11.0. The van der Waals surface area contributed by atoms with Crippen molar-refractivity contribution in [2.24, 2.45) is 0 Å². The first-order valence-electron chi connectivity index (χ1n) is 5.66. The van der Waals surface area contributed by atoms with Crippen molar-refractivity contribution < 1.29 is 4.84 Å². The molecular formula is C13H19NO. The molecule has 0 spiro atoms. The highest BCUT2D eigenvalue weighted by molar-refractivity contribution is 5.50. The lowest BCUT2D eigenvalue weighted by Crippen LogP contribution is -2.08. The molecule has 2 nitrogen and oxygen atoms in total. The van der Waals surface area contributed by atoms with Crippen LogP contribution in [-0.4, -0.2) is 0 Å². The summed E-state index contributed by atoms with van der Waals surface area (Å²) in [5.41, 5.74) is 7.03. The van der Waals surface area contributed by atoms with Gasteiger partial charge in [-0.05, 0) is 23.0 Å². The van der Waals surface area contributed by atoms with E-state index in [4.69, 9.17) is 4.84 Å². The number of fused-ring (bicyclic) bond motifs is 1. The van der Waals surface area contributed by atoms with Gasteiger partial charge in [0.2, 0.25) is 0 Å². The SMILES string of the molecule is CC(C)c1ccc(C(C)C)c2c1CNO2. The van der Waals surface area contributed by atoms with Crippen LogP contribution in [0.5, 0.6) is 5.75 Å².